The molecule has 2 N–H and O–H groups in total. The molecule has 1 heterocycles. The summed E-state index contributed by atoms with van der Waals surface area (Å²) >= 11 is 0. The number of aromatic nitrogens is 1. The fourth-order valence-corrected chi connectivity index (χ4v) is 2.83. The lowest BCUT2D eigenvalue weighted by Crippen LogP contribution is -2.28. The van der Waals surface area contributed by atoms with Crippen molar-refractivity contribution in [1.82, 2.24) is 4.57 Å². The summed E-state index contributed by atoms with van der Waals surface area (Å²) in [4.78, 5) is 12.3. The predicted molar refractivity (Wildman–Crippen MR) is 70.1 cm³/mol. The molecule has 0 bridgehead atoms. The van der Waals surface area contributed by atoms with Crippen molar-refractivity contribution >= 4 is 0 Å². The summed E-state index contributed by atoms with van der Waals surface area (Å²) in [7, 11) is 0. The van der Waals surface area contributed by atoms with Gasteiger partial charge in [0.15, 0.2) is 0 Å². The van der Waals surface area contributed by atoms with Crippen LogP contribution in [-0.4, -0.2) is 4.57 Å². The van der Waals surface area contributed by atoms with Crippen LogP contribution in [0.25, 0.3) is 0 Å². The third-order valence-electron chi connectivity index (χ3n) is 3.73. The Morgan fingerprint density at radius 1 is 1.35 bits per heavy atom. The predicted octanol–water partition coefficient (Wildman–Crippen LogP) is 2.37. The van der Waals surface area contributed by atoms with Gasteiger partial charge in [-0.15, -0.1) is 0 Å². The zero-order valence-corrected chi connectivity index (χ0v) is 10.6. The van der Waals surface area contributed by atoms with Crippen molar-refractivity contribution in [2.75, 3.05) is 0 Å². The van der Waals surface area contributed by atoms with Crippen molar-refractivity contribution < 1.29 is 0 Å². The lowest BCUT2D eigenvalue weighted by Gasteiger charge is -2.18. The van der Waals surface area contributed by atoms with Crippen molar-refractivity contribution in [1.29, 1.82) is 0 Å². The molecule has 0 aliphatic heterocycles. The second-order valence-electron chi connectivity index (χ2n) is 4.93. The van der Waals surface area contributed by atoms with Crippen LogP contribution < -0.4 is 11.3 Å². The van der Waals surface area contributed by atoms with Crippen LogP contribution in [-0.2, 0) is 13.1 Å². The van der Waals surface area contributed by atoms with Crippen LogP contribution in [0.3, 0.4) is 0 Å². The lowest BCUT2D eigenvalue weighted by atomic mass is 10.0. The summed E-state index contributed by atoms with van der Waals surface area (Å²) in [5, 5.41) is 0. The highest BCUT2D eigenvalue weighted by Gasteiger charge is 2.20. The van der Waals surface area contributed by atoms with Crippen molar-refractivity contribution in [2.45, 2.75) is 58.0 Å². The molecule has 0 amide bonds. The summed E-state index contributed by atoms with van der Waals surface area (Å²) in [5.74, 6) is 0.584. The molecule has 1 fully saturated rings. The number of rotatable bonds is 4. The monoisotopic (exact) mass is 234 g/mol. The molecule has 0 saturated heterocycles. The molecule has 0 atom stereocenters. The Morgan fingerprint density at radius 2 is 2.06 bits per heavy atom. The lowest BCUT2D eigenvalue weighted by molar-refractivity contribution is 0.563. The summed E-state index contributed by atoms with van der Waals surface area (Å²) in [6.45, 7) is 3.27. The highest BCUT2D eigenvalue weighted by molar-refractivity contribution is 5.19. The fraction of sp³-hybridized carbons (Fsp3) is 0.643. The molecule has 3 heteroatoms. The van der Waals surface area contributed by atoms with Gasteiger partial charge in [0.05, 0.1) is 0 Å². The van der Waals surface area contributed by atoms with Gasteiger partial charge in [-0.2, -0.15) is 0 Å². The van der Waals surface area contributed by atoms with Gasteiger partial charge in [-0.1, -0.05) is 25.8 Å². The molecule has 3 nitrogen and oxygen atoms in total. The van der Waals surface area contributed by atoms with Crippen LogP contribution in [0.15, 0.2) is 16.9 Å². The maximum absolute atomic E-state index is 12.3. The van der Waals surface area contributed by atoms with E-state index in [0.29, 0.717) is 12.5 Å². The van der Waals surface area contributed by atoms with Gasteiger partial charge in [0.25, 0.3) is 5.56 Å². The van der Waals surface area contributed by atoms with Gasteiger partial charge in [-0.05, 0) is 31.2 Å². The fourth-order valence-electron chi connectivity index (χ4n) is 2.83. The molecule has 2 rings (SSSR count). The molecule has 94 valence electrons. The van der Waals surface area contributed by atoms with E-state index in [-0.39, 0.29) is 5.56 Å². The Morgan fingerprint density at radius 3 is 2.65 bits per heavy atom. The van der Waals surface area contributed by atoms with E-state index in [9.17, 15) is 4.79 Å². The minimum absolute atomic E-state index is 0.124. The zero-order valence-electron chi connectivity index (χ0n) is 10.6. The molecular weight excluding hydrogens is 212 g/mol. The Kier molecular flexibility index (Phi) is 4.00. The van der Waals surface area contributed by atoms with E-state index in [1.54, 1.807) is 0 Å². The van der Waals surface area contributed by atoms with Gasteiger partial charge in [-0.3, -0.25) is 4.79 Å². The van der Waals surface area contributed by atoms with Crippen LogP contribution in [0.2, 0.25) is 0 Å². The van der Waals surface area contributed by atoms with Crippen LogP contribution in [0.5, 0.6) is 0 Å². The zero-order chi connectivity index (χ0) is 12.3. The summed E-state index contributed by atoms with van der Waals surface area (Å²) in [6.07, 6.45) is 6.04. The third kappa shape index (κ3) is 2.44. The molecule has 0 unspecified atom stereocenters. The summed E-state index contributed by atoms with van der Waals surface area (Å²) < 4.78 is 1.96. The molecule has 0 spiro atoms. The quantitative estimate of drug-likeness (QED) is 0.869. The van der Waals surface area contributed by atoms with Gasteiger partial charge in [0.1, 0.15) is 0 Å². The first kappa shape index (κ1) is 12.4. The normalized spacial score (nSPS) is 16.6. The van der Waals surface area contributed by atoms with E-state index in [2.05, 4.69) is 13.0 Å². The third-order valence-corrected chi connectivity index (χ3v) is 3.73. The molecule has 1 aliphatic rings. The Labute approximate surface area is 103 Å². The van der Waals surface area contributed by atoms with Crippen LogP contribution in [0.4, 0.5) is 0 Å². The molecule has 1 aromatic rings. The van der Waals surface area contributed by atoms with E-state index in [1.807, 2.05) is 10.6 Å². The molecule has 0 radical (unpaired) electrons. The number of hydrogen-bond donors (Lipinski definition) is 1. The van der Waals surface area contributed by atoms with Crippen LogP contribution in [0.1, 0.15) is 56.2 Å². The molecule has 1 aliphatic carbocycles. The second kappa shape index (κ2) is 5.50. The van der Waals surface area contributed by atoms with E-state index in [1.165, 1.54) is 31.4 Å². The topological polar surface area (TPSA) is 48.0 Å². The van der Waals surface area contributed by atoms with Gasteiger partial charge >= 0.3 is 0 Å². The first-order chi connectivity index (χ1) is 8.27. The van der Waals surface area contributed by atoms with Crippen molar-refractivity contribution in [3.63, 3.8) is 0 Å². The molecule has 1 aromatic heterocycles. The van der Waals surface area contributed by atoms with Gasteiger partial charge in [0.2, 0.25) is 0 Å². The first-order valence-electron chi connectivity index (χ1n) is 6.70. The second-order valence-corrected chi connectivity index (χ2v) is 4.93. The van der Waals surface area contributed by atoms with Crippen LogP contribution in [0, 0.1) is 0 Å². The highest BCUT2D eigenvalue weighted by Crippen LogP contribution is 2.33. The van der Waals surface area contributed by atoms with E-state index < -0.39 is 0 Å². The average molecular weight is 234 g/mol. The largest absolute Gasteiger partial charge is 0.326 e. The maximum atomic E-state index is 12.3. The number of nitrogens with two attached hydrogens (primary N) is 1. The van der Waals surface area contributed by atoms with E-state index in [4.69, 9.17) is 5.73 Å². The first-order valence-corrected chi connectivity index (χ1v) is 6.70. The average Bonchev–Trinajstić information content (AvgIpc) is 2.85. The van der Waals surface area contributed by atoms with Crippen molar-refractivity contribution in [3.8, 4) is 0 Å². The Bertz CT molecular complexity index is 430. The number of pyridine rings is 1. The van der Waals surface area contributed by atoms with Crippen molar-refractivity contribution in [3.05, 3.63) is 33.7 Å². The van der Waals surface area contributed by atoms with Gasteiger partial charge in [-0.25, -0.2) is 0 Å². The summed E-state index contributed by atoms with van der Waals surface area (Å²) in [6, 6.07) is 4.04. The standard InChI is InChI=1S/C14H22N2O/c1-2-9-16-13(11-5-3-4-6-11)8-7-12(10-15)14(16)17/h7-8,11H,2-6,9-10,15H2,1H3. The molecule has 0 aromatic carbocycles. The number of hydrogen-bond acceptors (Lipinski definition) is 2. The summed E-state index contributed by atoms with van der Waals surface area (Å²) in [5.41, 5.74) is 7.69. The molecule has 1 saturated carbocycles. The van der Waals surface area contributed by atoms with Gasteiger partial charge < -0.3 is 10.3 Å². The minimum atomic E-state index is 0.124. The number of nitrogens with zero attached hydrogens (tertiary/aromatic N) is 1. The molecule has 17 heavy (non-hydrogen) atoms. The Balaban J connectivity index is 2.43. The maximum Gasteiger partial charge on any atom is 0.255 e. The van der Waals surface area contributed by atoms with E-state index >= 15 is 0 Å². The SMILES string of the molecule is CCCn1c(C2CCCC2)ccc(CN)c1=O. The Hall–Kier alpha value is -1.09. The van der Waals surface area contributed by atoms with Gasteiger partial charge in [0, 0.05) is 24.3 Å². The molecular formula is C14H22N2O. The van der Waals surface area contributed by atoms with Crippen molar-refractivity contribution in [2.24, 2.45) is 5.73 Å². The smallest absolute Gasteiger partial charge is 0.255 e. The minimum Gasteiger partial charge on any atom is -0.326 e. The van der Waals surface area contributed by atoms with Crippen LogP contribution >= 0.6 is 0 Å². The van der Waals surface area contributed by atoms with E-state index in [0.717, 1.165) is 18.5 Å². The highest BCUT2D eigenvalue weighted by atomic mass is 16.1.